The van der Waals surface area contributed by atoms with E-state index in [0.717, 1.165) is 30.9 Å². The molecule has 2 fully saturated rings. The van der Waals surface area contributed by atoms with Crippen LogP contribution < -0.4 is 4.74 Å². The van der Waals surface area contributed by atoms with Gasteiger partial charge < -0.3 is 9.47 Å². The summed E-state index contributed by atoms with van der Waals surface area (Å²) in [6.45, 7) is 4.64. The van der Waals surface area contributed by atoms with Crippen LogP contribution in [0.4, 0.5) is 13.2 Å². The molecule has 0 amide bonds. The van der Waals surface area contributed by atoms with Crippen molar-refractivity contribution in [2.75, 3.05) is 45.9 Å². The molecule has 4 nitrogen and oxygen atoms in total. The van der Waals surface area contributed by atoms with E-state index in [1.807, 2.05) is 24.3 Å². The fourth-order valence-electron chi connectivity index (χ4n) is 3.53. The van der Waals surface area contributed by atoms with Gasteiger partial charge in [-0.1, -0.05) is 24.6 Å². The van der Waals surface area contributed by atoms with E-state index in [1.165, 1.54) is 19.3 Å². The zero-order chi connectivity index (χ0) is 18.4. The van der Waals surface area contributed by atoms with Crippen LogP contribution in [0, 0.1) is 0 Å². The van der Waals surface area contributed by atoms with Crippen LogP contribution in [0.3, 0.4) is 0 Å². The first-order valence-corrected chi connectivity index (χ1v) is 9.36. The number of rotatable bonds is 6. The summed E-state index contributed by atoms with van der Waals surface area (Å²) in [4.78, 5) is 4.19. The molecule has 7 heteroatoms. The highest BCUT2D eigenvalue weighted by Crippen LogP contribution is 2.27. The van der Waals surface area contributed by atoms with Gasteiger partial charge in [-0.05, 0) is 32.0 Å². The molecule has 0 radical (unpaired) electrons. The topological polar surface area (TPSA) is 24.9 Å². The summed E-state index contributed by atoms with van der Waals surface area (Å²) >= 11 is 0. The maximum absolute atomic E-state index is 12.9. The van der Waals surface area contributed by atoms with E-state index in [2.05, 4.69) is 4.90 Å². The summed E-state index contributed by atoms with van der Waals surface area (Å²) in [7, 11) is 0. The number of likely N-dealkylation sites (tertiary alicyclic amines) is 1. The van der Waals surface area contributed by atoms with E-state index < -0.39 is 12.3 Å². The lowest BCUT2D eigenvalue weighted by atomic mass is 10.1. The highest BCUT2D eigenvalue weighted by Gasteiger charge is 2.43. The van der Waals surface area contributed by atoms with Gasteiger partial charge in [0, 0.05) is 31.7 Å². The Morgan fingerprint density at radius 3 is 2.58 bits per heavy atom. The third-order valence-corrected chi connectivity index (χ3v) is 5.00. The molecule has 0 spiro atoms. The molecule has 146 valence electrons. The molecule has 2 aliphatic rings. The average Bonchev–Trinajstić information content (AvgIpc) is 2.64. The second-order valence-corrected chi connectivity index (χ2v) is 6.99. The van der Waals surface area contributed by atoms with Gasteiger partial charge in [-0.25, -0.2) is 0 Å². The predicted molar refractivity (Wildman–Crippen MR) is 93.3 cm³/mol. The number of ether oxygens (including phenoxy) is 2. The summed E-state index contributed by atoms with van der Waals surface area (Å²) in [6.07, 6.45) is -2.23. The van der Waals surface area contributed by atoms with Gasteiger partial charge in [-0.3, -0.25) is 9.80 Å². The molecule has 0 aliphatic carbocycles. The first kappa shape index (κ1) is 19.5. The highest BCUT2D eigenvalue weighted by molar-refractivity contribution is 5.33. The summed E-state index contributed by atoms with van der Waals surface area (Å²) in [5.74, 6) is 0.763. The fourth-order valence-corrected chi connectivity index (χ4v) is 3.53. The number of halogens is 3. The quantitative estimate of drug-likeness (QED) is 0.765. The second kappa shape index (κ2) is 9.06. The third kappa shape index (κ3) is 5.59. The van der Waals surface area contributed by atoms with E-state index in [0.29, 0.717) is 19.7 Å². The largest absolute Gasteiger partial charge is 0.492 e. The van der Waals surface area contributed by atoms with Crippen molar-refractivity contribution in [1.82, 2.24) is 9.80 Å². The van der Waals surface area contributed by atoms with Crippen LogP contribution in [0.2, 0.25) is 0 Å². The minimum Gasteiger partial charge on any atom is -0.492 e. The third-order valence-electron chi connectivity index (χ3n) is 5.00. The lowest BCUT2D eigenvalue weighted by Gasteiger charge is -2.34. The Hall–Kier alpha value is -1.31. The molecule has 0 N–H and O–H groups in total. The molecule has 0 unspecified atom stereocenters. The van der Waals surface area contributed by atoms with Crippen LogP contribution in [-0.4, -0.2) is 68.0 Å². The van der Waals surface area contributed by atoms with Crippen molar-refractivity contribution in [1.29, 1.82) is 0 Å². The normalized spacial score (nSPS) is 23.1. The summed E-state index contributed by atoms with van der Waals surface area (Å²) in [6, 6.07) is 7.62. The van der Waals surface area contributed by atoms with Crippen molar-refractivity contribution in [3.63, 3.8) is 0 Å². The number of nitrogens with zero attached hydrogens (tertiary/aromatic N) is 2. The number of alkyl halides is 3. The molecule has 0 saturated carbocycles. The molecule has 1 atom stereocenters. The molecule has 3 rings (SSSR count). The molecule has 1 aromatic carbocycles. The minimum absolute atomic E-state index is 0.0994. The lowest BCUT2D eigenvalue weighted by Crippen LogP contribution is -2.48. The average molecular weight is 372 g/mol. The molecule has 2 aliphatic heterocycles. The Morgan fingerprint density at radius 2 is 1.81 bits per heavy atom. The first-order chi connectivity index (χ1) is 12.5. The summed E-state index contributed by atoms with van der Waals surface area (Å²) in [5.41, 5.74) is 0.925. The Bertz CT molecular complexity index is 562. The van der Waals surface area contributed by atoms with Crippen LogP contribution in [0.1, 0.15) is 24.8 Å². The van der Waals surface area contributed by atoms with E-state index in [1.54, 1.807) is 4.90 Å². The van der Waals surface area contributed by atoms with Gasteiger partial charge in [0.15, 0.2) is 6.10 Å². The van der Waals surface area contributed by atoms with Crippen LogP contribution in [-0.2, 0) is 11.3 Å². The van der Waals surface area contributed by atoms with Gasteiger partial charge >= 0.3 is 6.18 Å². The molecule has 2 heterocycles. The van der Waals surface area contributed by atoms with E-state index in [-0.39, 0.29) is 13.2 Å². The second-order valence-electron chi connectivity index (χ2n) is 6.99. The Morgan fingerprint density at radius 1 is 1.04 bits per heavy atom. The molecular weight excluding hydrogens is 345 g/mol. The number of morpholine rings is 1. The van der Waals surface area contributed by atoms with Crippen LogP contribution >= 0.6 is 0 Å². The zero-order valence-corrected chi connectivity index (χ0v) is 15.0. The summed E-state index contributed by atoms with van der Waals surface area (Å²) in [5, 5.41) is 0. The number of benzene rings is 1. The number of piperidine rings is 1. The molecular formula is C19H27F3N2O2. The van der Waals surface area contributed by atoms with Crippen LogP contribution in [0.15, 0.2) is 24.3 Å². The van der Waals surface area contributed by atoms with Gasteiger partial charge in [-0.15, -0.1) is 0 Å². The van der Waals surface area contributed by atoms with Gasteiger partial charge in [0.2, 0.25) is 0 Å². The zero-order valence-electron chi connectivity index (χ0n) is 15.0. The number of hydrogen-bond donors (Lipinski definition) is 0. The van der Waals surface area contributed by atoms with Gasteiger partial charge in [0.1, 0.15) is 12.4 Å². The molecule has 2 saturated heterocycles. The van der Waals surface area contributed by atoms with Gasteiger partial charge in [0.25, 0.3) is 0 Å². The van der Waals surface area contributed by atoms with Crippen LogP contribution in [0.5, 0.6) is 5.75 Å². The number of para-hydroxylation sites is 1. The van der Waals surface area contributed by atoms with Crippen molar-refractivity contribution in [2.24, 2.45) is 0 Å². The van der Waals surface area contributed by atoms with Crippen molar-refractivity contribution in [3.05, 3.63) is 29.8 Å². The monoisotopic (exact) mass is 372 g/mol. The van der Waals surface area contributed by atoms with Crippen molar-refractivity contribution in [2.45, 2.75) is 38.1 Å². The Balaban J connectivity index is 1.53. The molecule has 0 aromatic heterocycles. The maximum Gasteiger partial charge on any atom is 0.415 e. The predicted octanol–water partition coefficient (Wildman–Crippen LogP) is 3.31. The van der Waals surface area contributed by atoms with Crippen molar-refractivity contribution < 1.29 is 22.6 Å². The SMILES string of the molecule is FC(F)(F)[C@H]1CN(Cc2ccccc2OCCN2CCCCC2)CCO1. The van der Waals surface area contributed by atoms with E-state index in [9.17, 15) is 13.2 Å². The summed E-state index contributed by atoms with van der Waals surface area (Å²) < 4.78 is 49.5. The first-order valence-electron chi connectivity index (χ1n) is 9.36. The smallest absolute Gasteiger partial charge is 0.415 e. The van der Waals surface area contributed by atoms with Crippen molar-refractivity contribution >= 4 is 0 Å². The van der Waals surface area contributed by atoms with Crippen molar-refractivity contribution in [3.8, 4) is 5.75 Å². The fraction of sp³-hybridized carbons (Fsp3) is 0.684. The lowest BCUT2D eigenvalue weighted by molar-refractivity contribution is -0.237. The Kier molecular flexibility index (Phi) is 6.78. The molecule has 0 bridgehead atoms. The number of hydrogen-bond acceptors (Lipinski definition) is 4. The van der Waals surface area contributed by atoms with E-state index >= 15 is 0 Å². The molecule has 1 aromatic rings. The van der Waals surface area contributed by atoms with Crippen LogP contribution in [0.25, 0.3) is 0 Å². The standard InChI is InChI=1S/C19H27F3N2O2/c20-19(21,22)18-15-24(11-13-26-18)14-16-6-2-3-7-17(16)25-12-10-23-8-4-1-5-9-23/h2-3,6-7,18H,1,4-5,8-15H2/t18-/m1/s1. The minimum atomic E-state index is -4.32. The highest BCUT2D eigenvalue weighted by atomic mass is 19.4. The van der Waals surface area contributed by atoms with Gasteiger partial charge in [0.05, 0.1) is 6.61 Å². The Labute approximate surface area is 152 Å². The maximum atomic E-state index is 12.9. The van der Waals surface area contributed by atoms with Gasteiger partial charge in [-0.2, -0.15) is 13.2 Å². The van der Waals surface area contributed by atoms with E-state index in [4.69, 9.17) is 9.47 Å². The molecule has 26 heavy (non-hydrogen) atoms.